The van der Waals surface area contributed by atoms with Gasteiger partial charge >= 0.3 is 5.97 Å². The lowest BCUT2D eigenvalue weighted by Crippen LogP contribution is -2.46. The van der Waals surface area contributed by atoms with Gasteiger partial charge in [0.1, 0.15) is 11.9 Å². The van der Waals surface area contributed by atoms with Crippen LogP contribution in [-0.2, 0) is 23.8 Å². The van der Waals surface area contributed by atoms with Crippen LogP contribution in [0, 0.1) is 5.82 Å². The highest BCUT2D eigenvalue weighted by molar-refractivity contribution is 7.11. The Morgan fingerprint density at radius 1 is 1.40 bits per heavy atom. The number of ether oxygens (including phenoxy) is 3. The van der Waals surface area contributed by atoms with Crippen LogP contribution in [0.1, 0.15) is 30.0 Å². The highest BCUT2D eigenvalue weighted by atomic mass is 32.1. The van der Waals surface area contributed by atoms with Crippen molar-refractivity contribution in [3.63, 3.8) is 0 Å². The maximum absolute atomic E-state index is 14.9. The minimum absolute atomic E-state index is 0.117. The Hall–Kier alpha value is -3.15. The van der Waals surface area contributed by atoms with E-state index in [-0.39, 0.29) is 30.5 Å². The van der Waals surface area contributed by atoms with E-state index in [1.807, 2.05) is 5.38 Å². The molecule has 3 heterocycles. The molecule has 0 radical (unpaired) electrons. The Morgan fingerprint density at radius 3 is 3.00 bits per heavy atom. The van der Waals surface area contributed by atoms with Crippen LogP contribution in [-0.4, -0.2) is 73.7 Å². The summed E-state index contributed by atoms with van der Waals surface area (Å²) in [5, 5.41) is 5.75. The van der Waals surface area contributed by atoms with Gasteiger partial charge in [-0.2, -0.15) is 0 Å². The number of carbonyl (C=O) groups is 2. The average Bonchev–Trinajstić information content (AvgIpc) is 3.40. The van der Waals surface area contributed by atoms with Crippen molar-refractivity contribution < 1.29 is 28.2 Å². The van der Waals surface area contributed by atoms with Gasteiger partial charge in [0.25, 0.3) is 6.47 Å². The first-order chi connectivity index (χ1) is 17.1. The van der Waals surface area contributed by atoms with Gasteiger partial charge in [0.15, 0.2) is 10.8 Å². The summed E-state index contributed by atoms with van der Waals surface area (Å²) in [6, 6.07) is 5.41. The van der Waals surface area contributed by atoms with Gasteiger partial charge in [0.05, 0.1) is 31.5 Å². The summed E-state index contributed by atoms with van der Waals surface area (Å²) in [5.74, 6) is -0.528. The van der Waals surface area contributed by atoms with E-state index in [2.05, 4.69) is 15.2 Å². The zero-order chi connectivity index (χ0) is 24.6. The molecule has 0 unspecified atom stereocenters. The largest absolute Gasteiger partial charge is 0.468 e. The number of morpholine rings is 1. The van der Waals surface area contributed by atoms with Crippen LogP contribution in [0.2, 0.25) is 0 Å². The van der Waals surface area contributed by atoms with Crippen LogP contribution >= 0.6 is 11.3 Å². The van der Waals surface area contributed by atoms with E-state index >= 15 is 0 Å². The summed E-state index contributed by atoms with van der Waals surface area (Å²) in [6.45, 7) is 4.69. The molecule has 0 spiro atoms. The molecule has 9 nitrogen and oxygen atoms in total. The molecule has 2 aliphatic heterocycles. The van der Waals surface area contributed by atoms with Crippen LogP contribution in [0.3, 0.4) is 0 Å². The molecule has 0 aliphatic carbocycles. The normalized spacial score (nSPS) is 20.7. The number of rotatable bonds is 10. The van der Waals surface area contributed by atoms with Crippen molar-refractivity contribution in [2.45, 2.75) is 25.5 Å². The first-order valence-corrected chi connectivity index (χ1v) is 12.3. The molecule has 1 N–H and O–H groups in total. The molecule has 1 aromatic carbocycles. The Bertz CT molecular complexity index is 1090. The predicted molar refractivity (Wildman–Crippen MR) is 127 cm³/mol. The minimum atomic E-state index is -0.886. The molecule has 1 aromatic heterocycles. The Labute approximate surface area is 206 Å². The first-order valence-electron chi connectivity index (χ1n) is 11.4. The first kappa shape index (κ1) is 25.0. The number of hydrogen-bond acceptors (Lipinski definition) is 10. The predicted octanol–water partition coefficient (Wildman–Crippen LogP) is 2.45. The Balaban J connectivity index is 1.68. The van der Waals surface area contributed by atoms with E-state index < -0.39 is 17.8 Å². The van der Waals surface area contributed by atoms with Gasteiger partial charge in [-0.1, -0.05) is 18.2 Å². The van der Waals surface area contributed by atoms with E-state index in [4.69, 9.17) is 19.2 Å². The zero-order valence-corrected chi connectivity index (χ0v) is 20.1. The topological polar surface area (TPSA) is 102 Å². The van der Waals surface area contributed by atoms with Crippen molar-refractivity contribution in [1.82, 2.24) is 15.2 Å². The summed E-state index contributed by atoms with van der Waals surface area (Å²) < 4.78 is 30.9. The molecule has 2 aromatic rings. The second-order valence-electron chi connectivity index (χ2n) is 7.96. The molecule has 186 valence electrons. The Morgan fingerprint density at radius 2 is 2.26 bits per heavy atom. The number of hydrogen-bond donors (Lipinski definition) is 1. The third kappa shape index (κ3) is 6.11. The van der Waals surface area contributed by atoms with Crippen LogP contribution < -0.4 is 5.32 Å². The molecule has 4 rings (SSSR count). The number of benzene rings is 1. The molecule has 1 saturated heterocycles. The minimum Gasteiger partial charge on any atom is -0.468 e. The molecule has 2 aliphatic rings. The fourth-order valence-corrected chi connectivity index (χ4v) is 4.70. The maximum atomic E-state index is 14.9. The maximum Gasteiger partial charge on any atom is 0.338 e. The quantitative estimate of drug-likeness (QED) is 0.300. The number of esters is 1. The number of carbonyl (C=O) groups excluding carboxylic acids is 2. The molecule has 1 fully saturated rings. The lowest BCUT2D eigenvalue weighted by atomic mass is 9.94. The van der Waals surface area contributed by atoms with Crippen LogP contribution in [0.4, 0.5) is 4.39 Å². The van der Waals surface area contributed by atoms with Crippen molar-refractivity contribution >= 4 is 29.6 Å². The summed E-state index contributed by atoms with van der Waals surface area (Å²) >= 11 is 1.40. The summed E-state index contributed by atoms with van der Waals surface area (Å²) in [5.41, 5.74) is 1.14. The van der Waals surface area contributed by atoms with Gasteiger partial charge in [0.2, 0.25) is 0 Å². The number of amidine groups is 1. The number of thiazole rings is 1. The van der Waals surface area contributed by atoms with E-state index in [9.17, 15) is 14.0 Å². The van der Waals surface area contributed by atoms with Gasteiger partial charge in [-0.05, 0) is 13.0 Å². The molecule has 2 atom stereocenters. The standard InChI is InChI=1S/C24H27FN4O5S/c1-2-33-24(31)20-19(14-29-9-11-34-16(13-29)7-10-32-15-30)27-22(23-26-8-12-35-23)28-21(20)17-5-3-4-6-18(17)25/h3-6,8,12,15-16,21H,2,7,9-11,13-14H2,1H3,(H,27,28)/t16-,21+/m1/s1. The summed E-state index contributed by atoms with van der Waals surface area (Å²) in [4.78, 5) is 34.8. The van der Waals surface area contributed by atoms with Gasteiger partial charge in [-0.25, -0.2) is 14.2 Å². The number of halogens is 1. The van der Waals surface area contributed by atoms with Gasteiger partial charge in [0, 0.05) is 48.9 Å². The number of nitrogens with zero attached hydrogens (tertiary/aromatic N) is 3. The Kier molecular flexibility index (Phi) is 8.56. The van der Waals surface area contributed by atoms with Gasteiger partial charge < -0.3 is 19.5 Å². The van der Waals surface area contributed by atoms with E-state index in [1.54, 1.807) is 31.3 Å². The third-order valence-corrected chi connectivity index (χ3v) is 6.47. The van der Waals surface area contributed by atoms with Crippen molar-refractivity contribution in [2.24, 2.45) is 4.99 Å². The molecule has 0 amide bonds. The van der Waals surface area contributed by atoms with Gasteiger partial charge in [-0.3, -0.25) is 14.7 Å². The van der Waals surface area contributed by atoms with Gasteiger partial charge in [-0.15, -0.1) is 11.3 Å². The summed E-state index contributed by atoms with van der Waals surface area (Å²) in [6.07, 6.45) is 2.12. The number of aromatic nitrogens is 1. The van der Waals surface area contributed by atoms with Crippen molar-refractivity contribution in [2.75, 3.05) is 39.5 Å². The highest BCUT2D eigenvalue weighted by Crippen LogP contribution is 2.34. The lowest BCUT2D eigenvalue weighted by Gasteiger charge is -2.35. The van der Waals surface area contributed by atoms with E-state index in [0.717, 1.165) is 0 Å². The van der Waals surface area contributed by atoms with E-state index in [1.165, 1.54) is 17.4 Å². The van der Waals surface area contributed by atoms with Crippen molar-refractivity contribution in [3.05, 3.63) is 63.5 Å². The fraction of sp³-hybridized carbons (Fsp3) is 0.417. The second kappa shape index (κ2) is 12.0. The second-order valence-corrected chi connectivity index (χ2v) is 8.85. The molecular weight excluding hydrogens is 475 g/mol. The fourth-order valence-electron chi connectivity index (χ4n) is 4.11. The van der Waals surface area contributed by atoms with Crippen LogP contribution in [0.5, 0.6) is 0 Å². The number of aliphatic imine (C=N–C) groups is 1. The average molecular weight is 503 g/mol. The van der Waals surface area contributed by atoms with Crippen LogP contribution in [0.15, 0.2) is 52.1 Å². The highest BCUT2D eigenvalue weighted by Gasteiger charge is 2.35. The lowest BCUT2D eigenvalue weighted by molar-refractivity contribution is -0.139. The molecule has 0 bridgehead atoms. The third-order valence-electron chi connectivity index (χ3n) is 5.69. The SMILES string of the molecule is CCOC(=O)C1=C(CN2CCO[C@H](CCOC=O)C2)NC(c2nccs2)=N[C@H]1c1ccccc1F. The van der Waals surface area contributed by atoms with Crippen LogP contribution in [0.25, 0.3) is 0 Å². The molecule has 11 heteroatoms. The van der Waals surface area contributed by atoms with Crippen molar-refractivity contribution in [1.29, 1.82) is 0 Å². The number of nitrogens with one attached hydrogen (secondary N) is 1. The smallest absolute Gasteiger partial charge is 0.338 e. The van der Waals surface area contributed by atoms with E-state index in [0.29, 0.717) is 55.7 Å². The molecule has 35 heavy (non-hydrogen) atoms. The summed E-state index contributed by atoms with van der Waals surface area (Å²) in [7, 11) is 0. The zero-order valence-electron chi connectivity index (χ0n) is 19.3. The molecular formula is C24H27FN4O5S. The monoisotopic (exact) mass is 502 g/mol. The van der Waals surface area contributed by atoms with Crippen molar-refractivity contribution in [3.8, 4) is 0 Å². The molecule has 0 saturated carbocycles.